The van der Waals surface area contributed by atoms with Gasteiger partial charge >= 0.3 is 0 Å². The first-order chi connectivity index (χ1) is 7.24. The number of carbonyl (C=O) groups is 2. The van der Waals surface area contributed by atoms with Gasteiger partial charge in [-0.15, -0.1) is 0 Å². The minimum atomic E-state index is -0.699. The highest BCUT2D eigenvalue weighted by Crippen LogP contribution is 2.23. The van der Waals surface area contributed by atoms with Gasteiger partial charge in [0.15, 0.2) is 6.29 Å². The van der Waals surface area contributed by atoms with E-state index < -0.39 is 5.78 Å². The molecule has 0 aliphatic rings. The minimum Gasteiger partial charge on any atom is -0.294 e. The molecule has 1 heterocycles. The second-order valence-corrected chi connectivity index (χ2v) is 3.25. The van der Waals surface area contributed by atoms with Crippen molar-refractivity contribution in [1.29, 1.82) is 0 Å². The zero-order valence-electron chi connectivity index (χ0n) is 7.48. The monoisotopic (exact) mass is 220 g/mol. The molecular formula is C10H5ClN2O2. The van der Waals surface area contributed by atoms with Gasteiger partial charge in [0.1, 0.15) is 12.0 Å². The topological polar surface area (TPSA) is 59.9 Å². The van der Waals surface area contributed by atoms with Crippen molar-refractivity contribution in [1.82, 2.24) is 9.97 Å². The van der Waals surface area contributed by atoms with E-state index in [1.807, 2.05) is 0 Å². The van der Waals surface area contributed by atoms with Crippen molar-refractivity contribution < 1.29 is 9.59 Å². The largest absolute Gasteiger partial charge is 0.294 e. The van der Waals surface area contributed by atoms with Crippen LogP contribution in [-0.2, 0) is 4.79 Å². The zero-order chi connectivity index (χ0) is 10.8. The van der Waals surface area contributed by atoms with E-state index in [9.17, 15) is 9.59 Å². The highest BCUT2D eigenvalue weighted by atomic mass is 35.5. The Balaban J connectivity index is 2.85. The molecule has 74 valence electrons. The number of carbonyl (C=O) groups excluding carboxylic acids is 2. The van der Waals surface area contributed by atoms with Crippen LogP contribution < -0.4 is 0 Å². The summed E-state index contributed by atoms with van der Waals surface area (Å²) in [5.41, 5.74) is 0.586. The van der Waals surface area contributed by atoms with E-state index in [0.29, 0.717) is 15.9 Å². The van der Waals surface area contributed by atoms with Crippen molar-refractivity contribution in [3.05, 3.63) is 35.2 Å². The van der Waals surface area contributed by atoms with Crippen LogP contribution in [0.3, 0.4) is 0 Å². The van der Waals surface area contributed by atoms with E-state index in [2.05, 4.69) is 9.97 Å². The molecule has 4 nitrogen and oxygen atoms in total. The molecule has 0 aliphatic heterocycles. The van der Waals surface area contributed by atoms with Gasteiger partial charge in [0.2, 0.25) is 5.78 Å². The lowest BCUT2D eigenvalue weighted by Crippen LogP contribution is -2.04. The molecule has 15 heavy (non-hydrogen) atoms. The fourth-order valence-corrected chi connectivity index (χ4v) is 1.57. The second kappa shape index (κ2) is 3.74. The maximum Gasteiger partial charge on any atom is 0.244 e. The lowest BCUT2D eigenvalue weighted by molar-refractivity contribution is -0.104. The van der Waals surface area contributed by atoms with Gasteiger partial charge in [-0.05, 0) is 12.1 Å². The molecule has 0 N–H and O–H groups in total. The van der Waals surface area contributed by atoms with Crippen molar-refractivity contribution in [2.45, 2.75) is 0 Å². The summed E-state index contributed by atoms with van der Waals surface area (Å²) in [5.74, 6) is -0.699. The number of fused-ring (bicyclic) bond motifs is 1. The van der Waals surface area contributed by atoms with Crippen LogP contribution in [0.2, 0.25) is 5.02 Å². The fraction of sp³-hybridized carbons (Fsp3) is 0. The number of benzene rings is 1. The van der Waals surface area contributed by atoms with E-state index in [-0.39, 0.29) is 12.0 Å². The van der Waals surface area contributed by atoms with Crippen LogP contribution in [-0.4, -0.2) is 22.0 Å². The normalized spacial score (nSPS) is 10.2. The minimum absolute atomic E-state index is 0.0422. The molecule has 0 aliphatic carbocycles. The summed E-state index contributed by atoms with van der Waals surface area (Å²) in [4.78, 5) is 29.4. The Bertz CT molecular complexity index is 549. The van der Waals surface area contributed by atoms with E-state index in [1.54, 1.807) is 18.2 Å². The molecule has 2 aromatic rings. The molecular weight excluding hydrogens is 216 g/mol. The molecule has 0 fully saturated rings. The number of hydrogen-bond donors (Lipinski definition) is 0. The Hall–Kier alpha value is -1.81. The summed E-state index contributed by atoms with van der Waals surface area (Å²) in [6.45, 7) is 0. The molecule has 0 saturated carbocycles. The van der Waals surface area contributed by atoms with Crippen molar-refractivity contribution in [2.24, 2.45) is 0 Å². The molecule has 2 rings (SSSR count). The van der Waals surface area contributed by atoms with Crippen molar-refractivity contribution >= 4 is 34.6 Å². The summed E-state index contributed by atoms with van der Waals surface area (Å²) in [7, 11) is 0. The van der Waals surface area contributed by atoms with Gasteiger partial charge in [-0.3, -0.25) is 9.59 Å². The van der Waals surface area contributed by atoms with Gasteiger partial charge in [-0.1, -0.05) is 17.7 Å². The van der Waals surface area contributed by atoms with E-state index in [0.717, 1.165) is 0 Å². The van der Waals surface area contributed by atoms with Crippen LogP contribution in [0.1, 0.15) is 10.5 Å². The molecule has 1 aromatic heterocycles. The van der Waals surface area contributed by atoms with Crippen LogP contribution >= 0.6 is 11.6 Å². The Kier molecular flexibility index (Phi) is 2.43. The van der Waals surface area contributed by atoms with Gasteiger partial charge < -0.3 is 0 Å². The highest BCUT2D eigenvalue weighted by molar-refractivity contribution is 6.40. The molecule has 0 saturated heterocycles. The average molecular weight is 221 g/mol. The molecule has 1 aromatic carbocycles. The standard InChI is InChI=1S/C10H5ClN2O2/c11-6-2-1-3-7-9(6)10(8(15)4-14)13-5-12-7/h1-5H. The predicted molar refractivity (Wildman–Crippen MR) is 54.9 cm³/mol. The van der Waals surface area contributed by atoms with Crippen molar-refractivity contribution in [3.8, 4) is 0 Å². The number of aldehydes is 1. The molecule has 0 spiro atoms. The van der Waals surface area contributed by atoms with Crippen LogP contribution in [0, 0.1) is 0 Å². The van der Waals surface area contributed by atoms with E-state index in [4.69, 9.17) is 11.6 Å². The number of ketones is 1. The number of nitrogens with zero attached hydrogens (tertiary/aromatic N) is 2. The maximum atomic E-state index is 11.3. The Morgan fingerprint density at radius 3 is 2.87 bits per heavy atom. The third-order valence-corrected chi connectivity index (χ3v) is 2.27. The molecule has 0 amide bonds. The molecule has 0 unspecified atom stereocenters. The van der Waals surface area contributed by atoms with Gasteiger partial charge in [0.25, 0.3) is 0 Å². The summed E-state index contributed by atoms with van der Waals surface area (Å²) in [5, 5.41) is 0.775. The quantitative estimate of drug-likeness (QED) is 0.439. The van der Waals surface area contributed by atoms with E-state index >= 15 is 0 Å². The van der Waals surface area contributed by atoms with Crippen molar-refractivity contribution in [3.63, 3.8) is 0 Å². The van der Waals surface area contributed by atoms with Gasteiger partial charge in [0.05, 0.1) is 10.5 Å². The van der Waals surface area contributed by atoms with Crippen LogP contribution in [0.15, 0.2) is 24.5 Å². The fourth-order valence-electron chi connectivity index (χ4n) is 1.31. The van der Waals surface area contributed by atoms with Crippen molar-refractivity contribution in [2.75, 3.05) is 0 Å². The Morgan fingerprint density at radius 2 is 2.13 bits per heavy atom. The summed E-state index contributed by atoms with van der Waals surface area (Å²) >= 11 is 5.92. The zero-order valence-corrected chi connectivity index (χ0v) is 8.23. The summed E-state index contributed by atoms with van der Waals surface area (Å²) in [6, 6.07) is 5.03. The van der Waals surface area contributed by atoms with Crippen LogP contribution in [0.4, 0.5) is 0 Å². The van der Waals surface area contributed by atoms with Crippen LogP contribution in [0.25, 0.3) is 10.9 Å². The molecule has 0 bridgehead atoms. The molecule has 5 heteroatoms. The van der Waals surface area contributed by atoms with Gasteiger partial charge in [-0.2, -0.15) is 0 Å². The summed E-state index contributed by atoms with van der Waals surface area (Å²) < 4.78 is 0. The molecule has 0 atom stereocenters. The van der Waals surface area contributed by atoms with Crippen LogP contribution in [0.5, 0.6) is 0 Å². The first-order valence-electron chi connectivity index (χ1n) is 4.13. The highest BCUT2D eigenvalue weighted by Gasteiger charge is 2.13. The smallest absolute Gasteiger partial charge is 0.244 e. The maximum absolute atomic E-state index is 11.3. The first-order valence-corrected chi connectivity index (χ1v) is 4.50. The number of hydrogen-bond acceptors (Lipinski definition) is 4. The van der Waals surface area contributed by atoms with Gasteiger partial charge in [-0.25, -0.2) is 9.97 Å². The third kappa shape index (κ3) is 1.59. The first kappa shape index (κ1) is 9.73. The number of Topliss-reactive ketones (excluding diaryl/α,β-unsaturated/α-hetero) is 1. The third-order valence-electron chi connectivity index (χ3n) is 1.95. The lowest BCUT2D eigenvalue weighted by Gasteiger charge is -2.02. The van der Waals surface area contributed by atoms with Gasteiger partial charge in [0, 0.05) is 5.39 Å². The molecule has 0 radical (unpaired) electrons. The average Bonchev–Trinajstić information content (AvgIpc) is 2.28. The summed E-state index contributed by atoms with van der Waals surface area (Å²) in [6.07, 6.45) is 1.44. The Labute approximate surface area is 89.9 Å². The van der Waals surface area contributed by atoms with E-state index in [1.165, 1.54) is 6.33 Å². The predicted octanol–water partition coefficient (Wildman–Crippen LogP) is 1.66. The Morgan fingerprint density at radius 1 is 1.33 bits per heavy atom. The number of aromatic nitrogens is 2. The SMILES string of the molecule is O=CC(=O)c1ncnc2cccc(Cl)c12. The number of halogens is 1. The lowest BCUT2D eigenvalue weighted by atomic mass is 10.1. The number of rotatable bonds is 2. The second-order valence-electron chi connectivity index (χ2n) is 2.84.